The number of furan rings is 1. The lowest BCUT2D eigenvalue weighted by Gasteiger charge is -2.33. The average molecular weight is 320 g/mol. The molecule has 1 saturated heterocycles. The molecule has 1 aliphatic heterocycles. The highest BCUT2D eigenvalue weighted by Gasteiger charge is 2.24. The number of pyridine rings is 1. The Labute approximate surface area is 134 Å². The van der Waals surface area contributed by atoms with Crippen LogP contribution in [0.1, 0.15) is 29.0 Å². The molecule has 0 spiro atoms. The molecule has 1 aliphatic rings. The standard InChI is InChI=1S/C16H18ClN3O2/c1-11-6-10-22-14(11)16(21)19-12-4-8-20(9-5-12)15-13(17)3-2-7-18-15/h2-3,6-7,10,12H,4-5,8-9H2,1H3,(H,19,21). The number of aromatic nitrogens is 1. The predicted octanol–water partition coefficient (Wildman–Crippen LogP) is 3.04. The van der Waals surface area contributed by atoms with E-state index in [-0.39, 0.29) is 11.9 Å². The number of amides is 1. The number of halogens is 1. The van der Waals surface area contributed by atoms with Crippen LogP contribution in [-0.4, -0.2) is 30.0 Å². The number of aryl methyl sites for hydroxylation is 1. The molecule has 0 radical (unpaired) electrons. The van der Waals surface area contributed by atoms with E-state index in [0.717, 1.165) is 37.3 Å². The first-order chi connectivity index (χ1) is 10.6. The summed E-state index contributed by atoms with van der Waals surface area (Å²) in [5.74, 6) is 1.07. The minimum Gasteiger partial charge on any atom is -0.459 e. The van der Waals surface area contributed by atoms with Gasteiger partial charge in [-0.25, -0.2) is 4.98 Å². The molecule has 2 aromatic rings. The monoisotopic (exact) mass is 319 g/mol. The Hall–Kier alpha value is -2.01. The summed E-state index contributed by atoms with van der Waals surface area (Å²) in [5, 5.41) is 3.70. The molecule has 0 bridgehead atoms. The van der Waals surface area contributed by atoms with Gasteiger partial charge in [-0.1, -0.05) is 11.6 Å². The molecule has 0 atom stereocenters. The summed E-state index contributed by atoms with van der Waals surface area (Å²) in [6.45, 7) is 3.50. The van der Waals surface area contributed by atoms with Gasteiger partial charge in [0.05, 0.1) is 11.3 Å². The largest absolute Gasteiger partial charge is 0.459 e. The van der Waals surface area contributed by atoms with Crippen molar-refractivity contribution in [2.45, 2.75) is 25.8 Å². The van der Waals surface area contributed by atoms with E-state index in [0.29, 0.717) is 10.8 Å². The number of hydrogen-bond donors (Lipinski definition) is 1. The molecular formula is C16H18ClN3O2. The SMILES string of the molecule is Cc1ccoc1C(=O)NC1CCN(c2ncccc2Cl)CC1. The number of hydrogen-bond acceptors (Lipinski definition) is 4. The van der Waals surface area contributed by atoms with Gasteiger partial charge in [-0.05, 0) is 38.0 Å². The number of carbonyl (C=O) groups is 1. The van der Waals surface area contributed by atoms with Crippen LogP contribution in [0.4, 0.5) is 5.82 Å². The first-order valence-corrected chi connectivity index (χ1v) is 7.73. The summed E-state index contributed by atoms with van der Waals surface area (Å²) in [6.07, 6.45) is 5.00. The van der Waals surface area contributed by atoms with Crippen molar-refractivity contribution < 1.29 is 9.21 Å². The number of nitrogens with one attached hydrogen (secondary N) is 1. The molecule has 1 N–H and O–H groups in total. The highest BCUT2D eigenvalue weighted by molar-refractivity contribution is 6.32. The molecule has 2 aromatic heterocycles. The van der Waals surface area contributed by atoms with Crippen molar-refractivity contribution in [1.82, 2.24) is 10.3 Å². The van der Waals surface area contributed by atoms with Gasteiger partial charge < -0.3 is 14.6 Å². The molecule has 0 unspecified atom stereocenters. The van der Waals surface area contributed by atoms with Crippen molar-refractivity contribution in [1.29, 1.82) is 0 Å². The fourth-order valence-corrected chi connectivity index (χ4v) is 2.94. The van der Waals surface area contributed by atoms with Gasteiger partial charge in [0, 0.05) is 30.9 Å². The molecule has 0 aliphatic carbocycles. The molecule has 22 heavy (non-hydrogen) atoms. The first kappa shape index (κ1) is 14.9. The third kappa shape index (κ3) is 3.09. The topological polar surface area (TPSA) is 58.4 Å². The van der Waals surface area contributed by atoms with Crippen LogP contribution in [0.3, 0.4) is 0 Å². The van der Waals surface area contributed by atoms with Crippen LogP contribution in [0.25, 0.3) is 0 Å². The van der Waals surface area contributed by atoms with Crippen LogP contribution in [0.2, 0.25) is 5.02 Å². The number of piperidine rings is 1. The molecule has 3 rings (SSSR count). The molecule has 0 saturated carbocycles. The van der Waals surface area contributed by atoms with Crippen molar-refractivity contribution >= 4 is 23.3 Å². The summed E-state index contributed by atoms with van der Waals surface area (Å²) >= 11 is 6.18. The summed E-state index contributed by atoms with van der Waals surface area (Å²) in [6, 6.07) is 5.61. The van der Waals surface area contributed by atoms with Crippen LogP contribution in [-0.2, 0) is 0 Å². The lowest BCUT2D eigenvalue weighted by molar-refractivity contribution is 0.0902. The fraction of sp³-hybridized carbons (Fsp3) is 0.375. The molecule has 5 nitrogen and oxygen atoms in total. The van der Waals surface area contributed by atoms with Gasteiger partial charge in [-0.3, -0.25) is 4.79 Å². The lowest BCUT2D eigenvalue weighted by atomic mass is 10.0. The van der Waals surface area contributed by atoms with Crippen LogP contribution in [0.5, 0.6) is 0 Å². The second-order valence-corrected chi connectivity index (χ2v) is 5.88. The van der Waals surface area contributed by atoms with Crippen LogP contribution in [0, 0.1) is 6.92 Å². The Bertz CT molecular complexity index is 663. The maximum Gasteiger partial charge on any atom is 0.287 e. The quantitative estimate of drug-likeness (QED) is 0.944. The van der Waals surface area contributed by atoms with Gasteiger partial charge in [-0.2, -0.15) is 0 Å². The normalized spacial score (nSPS) is 15.8. The minimum atomic E-state index is -0.142. The Morgan fingerprint density at radius 2 is 2.18 bits per heavy atom. The number of rotatable bonds is 3. The number of anilines is 1. The zero-order valence-electron chi connectivity index (χ0n) is 12.4. The molecule has 116 valence electrons. The molecule has 1 amide bonds. The maximum absolute atomic E-state index is 12.1. The van der Waals surface area contributed by atoms with E-state index >= 15 is 0 Å². The summed E-state index contributed by atoms with van der Waals surface area (Å²) in [7, 11) is 0. The zero-order valence-corrected chi connectivity index (χ0v) is 13.1. The van der Waals surface area contributed by atoms with Gasteiger partial charge in [0.25, 0.3) is 5.91 Å². The van der Waals surface area contributed by atoms with E-state index in [9.17, 15) is 4.79 Å². The first-order valence-electron chi connectivity index (χ1n) is 7.35. The van der Waals surface area contributed by atoms with E-state index in [1.165, 1.54) is 6.26 Å². The van der Waals surface area contributed by atoms with Crippen LogP contribution < -0.4 is 10.2 Å². The van der Waals surface area contributed by atoms with Crippen molar-refractivity contribution in [3.8, 4) is 0 Å². The smallest absolute Gasteiger partial charge is 0.287 e. The molecule has 3 heterocycles. The molecular weight excluding hydrogens is 302 g/mol. The van der Waals surface area contributed by atoms with E-state index < -0.39 is 0 Å². The molecule has 0 aromatic carbocycles. The van der Waals surface area contributed by atoms with E-state index in [1.807, 2.05) is 19.1 Å². The highest BCUT2D eigenvalue weighted by atomic mass is 35.5. The number of nitrogens with zero attached hydrogens (tertiary/aromatic N) is 2. The maximum atomic E-state index is 12.1. The Morgan fingerprint density at radius 1 is 1.41 bits per heavy atom. The van der Waals surface area contributed by atoms with Crippen molar-refractivity contribution in [2.24, 2.45) is 0 Å². The van der Waals surface area contributed by atoms with Gasteiger partial charge in [0.1, 0.15) is 5.82 Å². The zero-order chi connectivity index (χ0) is 15.5. The fourth-order valence-electron chi connectivity index (χ4n) is 2.70. The number of carbonyl (C=O) groups excluding carboxylic acids is 1. The van der Waals surface area contributed by atoms with Gasteiger partial charge >= 0.3 is 0 Å². The molecule has 6 heteroatoms. The third-order valence-electron chi connectivity index (χ3n) is 3.94. The van der Waals surface area contributed by atoms with Gasteiger partial charge in [0.2, 0.25) is 0 Å². The van der Waals surface area contributed by atoms with E-state index in [4.69, 9.17) is 16.0 Å². The highest BCUT2D eigenvalue weighted by Crippen LogP contribution is 2.25. The van der Waals surface area contributed by atoms with Gasteiger partial charge in [0.15, 0.2) is 5.76 Å². The van der Waals surface area contributed by atoms with Crippen molar-refractivity contribution in [3.05, 3.63) is 47.0 Å². The minimum absolute atomic E-state index is 0.142. The molecule has 1 fully saturated rings. The average Bonchev–Trinajstić information content (AvgIpc) is 2.95. The van der Waals surface area contributed by atoms with Crippen LogP contribution in [0.15, 0.2) is 35.1 Å². The Balaban J connectivity index is 1.57. The Morgan fingerprint density at radius 3 is 2.82 bits per heavy atom. The Kier molecular flexibility index (Phi) is 4.34. The second kappa shape index (κ2) is 6.40. The second-order valence-electron chi connectivity index (χ2n) is 5.48. The lowest BCUT2D eigenvalue weighted by Crippen LogP contribution is -2.45. The van der Waals surface area contributed by atoms with E-state index in [2.05, 4.69) is 15.2 Å². The van der Waals surface area contributed by atoms with Crippen LogP contribution >= 0.6 is 11.6 Å². The third-order valence-corrected chi connectivity index (χ3v) is 4.23. The van der Waals surface area contributed by atoms with Crippen molar-refractivity contribution in [3.63, 3.8) is 0 Å². The summed E-state index contributed by atoms with van der Waals surface area (Å²) in [4.78, 5) is 18.6. The summed E-state index contributed by atoms with van der Waals surface area (Å²) < 4.78 is 5.22. The summed E-state index contributed by atoms with van der Waals surface area (Å²) in [5.41, 5.74) is 0.857. The predicted molar refractivity (Wildman–Crippen MR) is 85.4 cm³/mol. The van der Waals surface area contributed by atoms with E-state index in [1.54, 1.807) is 12.3 Å². The van der Waals surface area contributed by atoms with Gasteiger partial charge in [-0.15, -0.1) is 0 Å². The van der Waals surface area contributed by atoms with Crippen molar-refractivity contribution in [2.75, 3.05) is 18.0 Å².